The van der Waals surface area contributed by atoms with E-state index in [9.17, 15) is 13.6 Å². The number of amides is 1. The van der Waals surface area contributed by atoms with E-state index in [4.69, 9.17) is 5.73 Å². The molecule has 1 aromatic carbocycles. The number of nitrogens with one attached hydrogen (secondary N) is 1. The van der Waals surface area contributed by atoms with Crippen LogP contribution >= 0.6 is 0 Å². The molecular weight excluding hydrogens is 250 g/mol. The number of nitrogens with two attached hydrogens (primary N) is 1. The zero-order valence-electron chi connectivity index (χ0n) is 11.3. The topological polar surface area (TPSA) is 55.1 Å². The molecule has 0 saturated heterocycles. The van der Waals surface area contributed by atoms with Crippen LogP contribution in [0.3, 0.4) is 0 Å². The minimum Gasteiger partial charge on any atom is -0.330 e. The van der Waals surface area contributed by atoms with Crippen LogP contribution in [0.1, 0.15) is 33.1 Å². The van der Waals surface area contributed by atoms with Gasteiger partial charge in [-0.25, -0.2) is 8.78 Å². The molecule has 0 aliphatic heterocycles. The molecule has 5 heteroatoms. The predicted octanol–water partition coefficient (Wildman–Crippen LogP) is 3.06. The molecule has 0 bridgehead atoms. The third-order valence-corrected chi connectivity index (χ3v) is 3.08. The summed E-state index contributed by atoms with van der Waals surface area (Å²) in [6.45, 7) is 4.61. The Hall–Kier alpha value is -1.49. The van der Waals surface area contributed by atoms with Gasteiger partial charge in [0, 0.05) is 6.42 Å². The Balaban J connectivity index is 2.54. The molecule has 0 fully saturated rings. The molecule has 106 valence electrons. The van der Waals surface area contributed by atoms with Crippen LogP contribution in [0.4, 0.5) is 14.5 Å². The second kappa shape index (κ2) is 6.61. The minimum atomic E-state index is -1.03. The lowest BCUT2D eigenvalue weighted by atomic mass is 9.84. The summed E-state index contributed by atoms with van der Waals surface area (Å²) in [5.41, 5.74) is 5.33. The molecule has 1 amide bonds. The quantitative estimate of drug-likeness (QED) is 0.834. The lowest BCUT2D eigenvalue weighted by molar-refractivity contribution is -0.116. The summed E-state index contributed by atoms with van der Waals surface area (Å²) in [6.07, 6.45) is 1.71. The Bertz CT molecular complexity index is 447. The van der Waals surface area contributed by atoms with Crippen molar-refractivity contribution in [1.82, 2.24) is 0 Å². The summed E-state index contributed by atoms with van der Waals surface area (Å²) in [6, 6.07) is 3.70. The van der Waals surface area contributed by atoms with Gasteiger partial charge in [0.15, 0.2) is 11.6 Å². The van der Waals surface area contributed by atoms with Crippen LogP contribution in [0.15, 0.2) is 18.2 Å². The second-order valence-corrected chi connectivity index (χ2v) is 5.35. The first-order valence-corrected chi connectivity index (χ1v) is 6.30. The summed E-state index contributed by atoms with van der Waals surface area (Å²) in [7, 11) is 0. The van der Waals surface area contributed by atoms with E-state index in [0.29, 0.717) is 13.0 Å². The fourth-order valence-corrected chi connectivity index (χ4v) is 1.78. The van der Waals surface area contributed by atoms with Crippen molar-refractivity contribution in [1.29, 1.82) is 0 Å². The molecule has 19 heavy (non-hydrogen) atoms. The van der Waals surface area contributed by atoms with E-state index in [1.165, 1.54) is 12.1 Å². The van der Waals surface area contributed by atoms with E-state index in [2.05, 4.69) is 5.32 Å². The van der Waals surface area contributed by atoms with Gasteiger partial charge in [-0.15, -0.1) is 0 Å². The van der Waals surface area contributed by atoms with Gasteiger partial charge in [0.25, 0.3) is 0 Å². The molecule has 1 rings (SSSR count). The third kappa shape index (κ3) is 4.95. The van der Waals surface area contributed by atoms with E-state index < -0.39 is 11.6 Å². The Labute approximate surface area is 112 Å². The smallest absolute Gasteiger partial charge is 0.224 e. The molecular formula is C14H20F2N2O. The van der Waals surface area contributed by atoms with Crippen LogP contribution in [0.2, 0.25) is 0 Å². The van der Waals surface area contributed by atoms with Crippen molar-refractivity contribution in [3.8, 4) is 0 Å². The molecule has 1 aromatic rings. The predicted molar refractivity (Wildman–Crippen MR) is 71.7 cm³/mol. The highest BCUT2D eigenvalue weighted by Crippen LogP contribution is 2.26. The molecule has 0 aromatic heterocycles. The molecule has 0 unspecified atom stereocenters. The van der Waals surface area contributed by atoms with E-state index >= 15 is 0 Å². The van der Waals surface area contributed by atoms with Gasteiger partial charge in [-0.3, -0.25) is 4.79 Å². The van der Waals surface area contributed by atoms with Crippen LogP contribution in [0, 0.1) is 17.0 Å². The van der Waals surface area contributed by atoms with Crippen molar-refractivity contribution in [3.63, 3.8) is 0 Å². The van der Waals surface area contributed by atoms with E-state index in [1.807, 2.05) is 13.8 Å². The average molecular weight is 270 g/mol. The van der Waals surface area contributed by atoms with Gasteiger partial charge in [-0.1, -0.05) is 19.9 Å². The number of carbonyl (C=O) groups excluding carboxylic acids is 1. The van der Waals surface area contributed by atoms with Crippen LogP contribution in [0.25, 0.3) is 0 Å². The van der Waals surface area contributed by atoms with Gasteiger partial charge in [0.1, 0.15) is 0 Å². The van der Waals surface area contributed by atoms with Crippen LogP contribution in [-0.4, -0.2) is 12.5 Å². The van der Waals surface area contributed by atoms with Crippen molar-refractivity contribution in [2.24, 2.45) is 11.1 Å². The molecule has 0 aliphatic rings. The van der Waals surface area contributed by atoms with Gasteiger partial charge in [0.2, 0.25) is 5.91 Å². The summed E-state index contributed by atoms with van der Waals surface area (Å²) in [5.74, 6) is -2.33. The maximum absolute atomic E-state index is 13.4. The maximum atomic E-state index is 13.4. The Morgan fingerprint density at radius 3 is 2.63 bits per heavy atom. The van der Waals surface area contributed by atoms with Crippen molar-refractivity contribution in [2.75, 3.05) is 11.9 Å². The fourth-order valence-electron chi connectivity index (χ4n) is 1.78. The number of halogens is 2. The van der Waals surface area contributed by atoms with Gasteiger partial charge >= 0.3 is 0 Å². The third-order valence-electron chi connectivity index (χ3n) is 3.08. The first kappa shape index (κ1) is 15.6. The number of carbonyl (C=O) groups is 1. The van der Waals surface area contributed by atoms with Crippen LogP contribution in [0.5, 0.6) is 0 Å². The number of hydrogen-bond donors (Lipinski definition) is 2. The summed E-state index contributed by atoms with van der Waals surface area (Å²) < 4.78 is 26.3. The molecule has 3 nitrogen and oxygen atoms in total. The normalized spacial score (nSPS) is 11.4. The molecule has 0 aliphatic carbocycles. The van der Waals surface area contributed by atoms with Gasteiger partial charge < -0.3 is 11.1 Å². The minimum absolute atomic E-state index is 0.0351. The van der Waals surface area contributed by atoms with E-state index in [0.717, 1.165) is 12.5 Å². The zero-order chi connectivity index (χ0) is 14.5. The van der Waals surface area contributed by atoms with Crippen LogP contribution in [-0.2, 0) is 4.79 Å². The number of anilines is 1. The molecule has 0 saturated carbocycles. The molecule has 0 spiro atoms. The van der Waals surface area contributed by atoms with Crippen molar-refractivity contribution in [2.45, 2.75) is 33.1 Å². The maximum Gasteiger partial charge on any atom is 0.224 e. The Kier molecular flexibility index (Phi) is 5.42. The first-order chi connectivity index (χ1) is 8.85. The van der Waals surface area contributed by atoms with Gasteiger partial charge in [0.05, 0.1) is 5.69 Å². The van der Waals surface area contributed by atoms with Crippen LogP contribution < -0.4 is 11.1 Å². The average Bonchev–Trinajstić information content (AvgIpc) is 2.33. The Morgan fingerprint density at radius 1 is 1.32 bits per heavy atom. The van der Waals surface area contributed by atoms with Gasteiger partial charge in [-0.05, 0) is 36.9 Å². The highest BCUT2D eigenvalue weighted by molar-refractivity contribution is 5.90. The highest BCUT2D eigenvalue weighted by atomic mass is 19.2. The summed E-state index contributed by atoms with van der Waals surface area (Å²) in [4.78, 5) is 11.7. The lowest BCUT2D eigenvalue weighted by Crippen LogP contribution is -2.21. The molecule has 3 N–H and O–H groups in total. The van der Waals surface area contributed by atoms with E-state index in [-0.39, 0.29) is 23.4 Å². The SMILES string of the molecule is CC(C)(CCN)CCC(=O)Nc1cccc(F)c1F. The standard InChI is InChI=1S/C14H20F2N2O/c1-14(2,8-9-17)7-6-12(19)18-11-5-3-4-10(15)13(11)16/h3-5H,6-9,17H2,1-2H3,(H,18,19). The van der Waals surface area contributed by atoms with Crippen molar-refractivity contribution >= 4 is 11.6 Å². The number of hydrogen-bond acceptors (Lipinski definition) is 2. The zero-order valence-corrected chi connectivity index (χ0v) is 11.3. The lowest BCUT2D eigenvalue weighted by Gasteiger charge is -2.23. The monoisotopic (exact) mass is 270 g/mol. The number of rotatable bonds is 6. The first-order valence-electron chi connectivity index (χ1n) is 6.30. The highest BCUT2D eigenvalue weighted by Gasteiger charge is 2.19. The second-order valence-electron chi connectivity index (χ2n) is 5.35. The van der Waals surface area contributed by atoms with Crippen molar-refractivity contribution < 1.29 is 13.6 Å². The Morgan fingerprint density at radius 2 is 2.00 bits per heavy atom. The summed E-state index contributed by atoms with van der Waals surface area (Å²) >= 11 is 0. The van der Waals surface area contributed by atoms with Gasteiger partial charge in [-0.2, -0.15) is 0 Å². The summed E-state index contributed by atoms with van der Waals surface area (Å²) in [5, 5.41) is 2.38. The van der Waals surface area contributed by atoms with E-state index in [1.54, 1.807) is 0 Å². The molecule has 0 radical (unpaired) electrons. The number of benzene rings is 1. The molecule has 0 atom stereocenters. The largest absolute Gasteiger partial charge is 0.330 e. The molecule has 0 heterocycles. The fraction of sp³-hybridized carbons (Fsp3) is 0.500. The van der Waals surface area contributed by atoms with Crippen molar-refractivity contribution in [3.05, 3.63) is 29.8 Å².